The molecule has 0 spiro atoms. The molecule has 3 rings (SSSR count). The zero-order chi connectivity index (χ0) is 17.5. The Kier molecular flexibility index (Phi) is 4.26. The second kappa shape index (κ2) is 5.97. The van der Waals surface area contributed by atoms with Gasteiger partial charge in [0.05, 0.1) is 16.9 Å². The number of hydrogen-bond acceptors (Lipinski definition) is 3. The van der Waals surface area contributed by atoms with E-state index in [-0.39, 0.29) is 0 Å². The van der Waals surface area contributed by atoms with Crippen molar-refractivity contribution < 1.29 is 18.1 Å². The van der Waals surface area contributed by atoms with E-state index in [1.54, 1.807) is 6.20 Å². The van der Waals surface area contributed by atoms with E-state index in [2.05, 4.69) is 5.10 Å². The minimum absolute atomic E-state index is 0.459. The van der Waals surface area contributed by atoms with Gasteiger partial charge in [-0.15, -0.1) is 0 Å². The molecular formula is C17H21BF2N2O2. The minimum Gasteiger partial charge on any atom is -0.399 e. The quantitative estimate of drug-likeness (QED) is 0.806. The summed E-state index contributed by atoms with van der Waals surface area (Å²) in [5, 5.41) is 4.34. The predicted molar refractivity (Wildman–Crippen MR) is 89.4 cm³/mol. The van der Waals surface area contributed by atoms with Gasteiger partial charge in [0.25, 0.3) is 6.43 Å². The molecule has 128 valence electrons. The van der Waals surface area contributed by atoms with Gasteiger partial charge in [0, 0.05) is 17.2 Å². The normalized spacial score (nSPS) is 19.2. The molecule has 1 aromatic carbocycles. The molecule has 0 unspecified atom stereocenters. The van der Waals surface area contributed by atoms with Crippen LogP contribution in [0.15, 0.2) is 36.5 Å². The van der Waals surface area contributed by atoms with Crippen molar-refractivity contribution in [2.24, 2.45) is 0 Å². The highest BCUT2D eigenvalue weighted by molar-refractivity contribution is 6.63. The Morgan fingerprint density at radius 3 is 2.21 bits per heavy atom. The van der Waals surface area contributed by atoms with Crippen molar-refractivity contribution in [3.05, 3.63) is 36.5 Å². The molecule has 0 bridgehead atoms. The SMILES string of the molecule is CC1(C)OB(c2cn(CC(F)F)nc2-c2ccccc2)OC1(C)C. The number of nitrogens with zero attached hydrogens (tertiary/aromatic N) is 2. The van der Waals surface area contributed by atoms with Gasteiger partial charge in [0.2, 0.25) is 0 Å². The fraction of sp³-hybridized carbons (Fsp3) is 0.471. The van der Waals surface area contributed by atoms with Gasteiger partial charge in [0.1, 0.15) is 6.54 Å². The molecule has 0 saturated carbocycles. The second-order valence-electron chi connectivity index (χ2n) is 7.00. The fourth-order valence-electron chi connectivity index (χ4n) is 2.63. The summed E-state index contributed by atoms with van der Waals surface area (Å²) in [6.45, 7) is 7.37. The molecule has 4 nitrogen and oxygen atoms in total. The van der Waals surface area contributed by atoms with Gasteiger partial charge in [0.15, 0.2) is 0 Å². The summed E-state index contributed by atoms with van der Waals surface area (Å²) in [7, 11) is -0.642. The molecule has 1 aliphatic rings. The maximum Gasteiger partial charge on any atom is 0.498 e. The van der Waals surface area contributed by atoms with Gasteiger partial charge in [-0.3, -0.25) is 4.68 Å². The van der Waals surface area contributed by atoms with Crippen LogP contribution in [0.4, 0.5) is 8.78 Å². The van der Waals surface area contributed by atoms with Crippen molar-refractivity contribution in [2.45, 2.75) is 51.9 Å². The average molecular weight is 334 g/mol. The van der Waals surface area contributed by atoms with Gasteiger partial charge >= 0.3 is 7.12 Å². The van der Waals surface area contributed by atoms with E-state index in [1.807, 2.05) is 58.0 Å². The number of aromatic nitrogens is 2. The van der Waals surface area contributed by atoms with E-state index in [9.17, 15) is 8.78 Å². The average Bonchev–Trinajstić information content (AvgIpc) is 2.98. The number of rotatable bonds is 4. The standard InChI is InChI=1S/C17H21BF2N2O2/c1-16(2)17(3,4)24-18(23-16)13-10-22(11-14(19)20)21-15(13)12-8-6-5-7-9-12/h5-10,14H,11H2,1-4H3. The van der Waals surface area contributed by atoms with Crippen LogP contribution >= 0.6 is 0 Å². The topological polar surface area (TPSA) is 36.3 Å². The Labute approximate surface area is 140 Å². The molecule has 0 aliphatic carbocycles. The van der Waals surface area contributed by atoms with Crippen molar-refractivity contribution in [3.63, 3.8) is 0 Å². The summed E-state index contributed by atoms with van der Waals surface area (Å²) in [6, 6.07) is 9.45. The summed E-state index contributed by atoms with van der Waals surface area (Å²) < 4.78 is 38.9. The van der Waals surface area contributed by atoms with E-state index in [0.717, 1.165) is 5.56 Å². The Morgan fingerprint density at radius 2 is 1.67 bits per heavy atom. The van der Waals surface area contributed by atoms with Crippen LogP contribution in [0.25, 0.3) is 11.3 Å². The van der Waals surface area contributed by atoms with E-state index >= 15 is 0 Å². The maximum absolute atomic E-state index is 12.8. The van der Waals surface area contributed by atoms with E-state index in [1.165, 1.54) is 4.68 Å². The molecule has 0 atom stereocenters. The molecule has 1 aliphatic heterocycles. The summed E-state index contributed by atoms with van der Waals surface area (Å²) in [6.07, 6.45) is -0.879. The van der Waals surface area contributed by atoms with Crippen LogP contribution in [0.5, 0.6) is 0 Å². The molecule has 1 saturated heterocycles. The summed E-state index contributed by atoms with van der Waals surface area (Å²) in [5.41, 5.74) is 1.11. The van der Waals surface area contributed by atoms with Crippen LogP contribution < -0.4 is 5.46 Å². The Balaban J connectivity index is 2.02. The highest BCUT2D eigenvalue weighted by Crippen LogP contribution is 2.37. The summed E-state index contributed by atoms with van der Waals surface area (Å²) in [5.74, 6) is 0. The summed E-state index contributed by atoms with van der Waals surface area (Å²) >= 11 is 0. The molecule has 0 radical (unpaired) electrons. The molecule has 2 aromatic rings. The van der Waals surface area contributed by atoms with Crippen LogP contribution in [-0.2, 0) is 15.9 Å². The van der Waals surface area contributed by atoms with Gasteiger partial charge in [-0.2, -0.15) is 5.10 Å². The zero-order valence-electron chi connectivity index (χ0n) is 14.3. The van der Waals surface area contributed by atoms with E-state index in [0.29, 0.717) is 11.2 Å². The lowest BCUT2D eigenvalue weighted by Crippen LogP contribution is -2.41. The molecule has 1 fully saturated rings. The second-order valence-corrected chi connectivity index (χ2v) is 7.00. The lowest BCUT2D eigenvalue weighted by molar-refractivity contribution is 0.00578. The minimum atomic E-state index is -2.47. The molecular weight excluding hydrogens is 313 g/mol. The Morgan fingerprint density at radius 1 is 1.08 bits per heavy atom. The third kappa shape index (κ3) is 3.10. The van der Waals surface area contributed by atoms with Crippen LogP contribution in [0.3, 0.4) is 0 Å². The van der Waals surface area contributed by atoms with Gasteiger partial charge in [-0.1, -0.05) is 30.3 Å². The van der Waals surface area contributed by atoms with Crippen molar-refractivity contribution >= 4 is 12.6 Å². The molecule has 24 heavy (non-hydrogen) atoms. The highest BCUT2D eigenvalue weighted by atomic mass is 19.3. The monoisotopic (exact) mass is 334 g/mol. The van der Waals surface area contributed by atoms with Crippen molar-refractivity contribution in [2.75, 3.05) is 0 Å². The molecule has 2 heterocycles. The molecule has 7 heteroatoms. The third-order valence-electron chi connectivity index (χ3n) is 4.67. The van der Waals surface area contributed by atoms with Gasteiger partial charge < -0.3 is 9.31 Å². The lowest BCUT2D eigenvalue weighted by Gasteiger charge is -2.32. The first-order valence-corrected chi connectivity index (χ1v) is 7.96. The van der Waals surface area contributed by atoms with Crippen LogP contribution in [0, 0.1) is 0 Å². The molecule has 0 amide bonds. The third-order valence-corrected chi connectivity index (χ3v) is 4.67. The van der Waals surface area contributed by atoms with Crippen LogP contribution in [-0.4, -0.2) is 34.5 Å². The van der Waals surface area contributed by atoms with E-state index < -0.39 is 31.3 Å². The Hall–Kier alpha value is -1.73. The van der Waals surface area contributed by atoms with Crippen molar-refractivity contribution in [1.82, 2.24) is 9.78 Å². The number of hydrogen-bond donors (Lipinski definition) is 0. The van der Waals surface area contributed by atoms with E-state index in [4.69, 9.17) is 9.31 Å². The fourth-order valence-corrected chi connectivity index (χ4v) is 2.63. The van der Waals surface area contributed by atoms with Gasteiger partial charge in [-0.25, -0.2) is 8.78 Å². The van der Waals surface area contributed by atoms with Crippen molar-refractivity contribution in [1.29, 1.82) is 0 Å². The van der Waals surface area contributed by atoms with Crippen molar-refractivity contribution in [3.8, 4) is 11.3 Å². The number of alkyl halides is 2. The smallest absolute Gasteiger partial charge is 0.399 e. The lowest BCUT2D eigenvalue weighted by atomic mass is 9.78. The first-order valence-electron chi connectivity index (χ1n) is 7.96. The van der Waals surface area contributed by atoms with Crippen LogP contribution in [0.1, 0.15) is 27.7 Å². The van der Waals surface area contributed by atoms with Crippen LogP contribution in [0.2, 0.25) is 0 Å². The molecule has 0 N–H and O–H groups in total. The number of halogens is 2. The zero-order valence-corrected chi connectivity index (χ0v) is 14.3. The van der Waals surface area contributed by atoms with Gasteiger partial charge in [-0.05, 0) is 27.7 Å². The Bertz CT molecular complexity index is 701. The summed E-state index contributed by atoms with van der Waals surface area (Å²) in [4.78, 5) is 0. The highest BCUT2D eigenvalue weighted by Gasteiger charge is 2.52. The largest absolute Gasteiger partial charge is 0.498 e. The first-order chi connectivity index (χ1) is 11.2. The maximum atomic E-state index is 12.8. The predicted octanol–water partition coefficient (Wildman–Crippen LogP) is 3.11. The number of benzene rings is 1. The first kappa shape index (κ1) is 17.1. The molecule has 1 aromatic heterocycles.